The number of amides is 1. The van der Waals surface area contributed by atoms with E-state index in [0.717, 1.165) is 36.0 Å². The molecular formula is C20H20N4O3. The Morgan fingerprint density at radius 1 is 1.19 bits per heavy atom. The molecule has 1 aliphatic rings. The summed E-state index contributed by atoms with van der Waals surface area (Å²) < 4.78 is 0. The summed E-state index contributed by atoms with van der Waals surface area (Å²) in [4.78, 5) is 27.3. The zero-order valence-electron chi connectivity index (χ0n) is 14.6. The fourth-order valence-electron chi connectivity index (χ4n) is 2.62. The number of nitrogens with zero attached hydrogens (tertiary/aromatic N) is 1. The Balaban J connectivity index is 1.61. The molecule has 0 fully saturated rings. The lowest BCUT2D eigenvalue weighted by Crippen LogP contribution is -2.26. The molecule has 2 aromatic carbocycles. The van der Waals surface area contributed by atoms with Crippen LogP contribution >= 0.6 is 0 Å². The second-order valence-corrected chi connectivity index (χ2v) is 5.96. The molecule has 4 N–H and O–H groups in total. The number of carboxylic acids is 1. The van der Waals surface area contributed by atoms with E-state index in [1.165, 1.54) is 6.08 Å². The number of aliphatic carboxylic acids is 1. The van der Waals surface area contributed by atoms with Gasteiger partial charge in [-0.25, -0.2) is 4.79 Å². The van der Waals surface area contributed by atoms with Gasteiger partial charge in [-0.1, -0.05) is 24.3 Å². The van der Waals surface area contributed by atoms with Crippen LogP contribution in [0.3, 0.4) is 0 Å². The zero-order valence-corrected chi connectivity index (χ0v) is 14.6. The molecule has 138 valence electrons. The first kappa shape index (κ1) is 18.2. The van der Waals surface area contributed by atoms with Gasteiger partial charge in [0.25, 0.3) is 5.91 Å². The van der Waals surface area contributed by atoms with Crippen molar-refractivity contribution in [1.82, 2.24) is 10.6 Å². The third-order valence-electron chi connectivity index (χ3n) is 3.88. The molecule has 0 aliphatic carbocycles. The minimum absolute atomic E-state index is 0.188. The Hall–Kier alpha value is -3.61. The highest BCUT2D eigenvalue weighted by atomic mass is 16.4. The van der Waals surface area contributed by atoms with Gasteiger partial charge in [0.1, 0.15) is 0 Å². The van der Waals surface area contributed by atoms with Crippen molar-refractivity contribution in [3.8, 4) is 0 Å². The summed E-state index contributed by atoms with van der Waals surface area (Å²) in [5, 5.41) is 17.8. The molecule has 1 aliphatic heterocycles. The molecule has 0 radical (unpaired) electrons. The number of carbonyl (C=O) groups is 2. The van der Waals surface area contributed by atoms with Gasteiger partial charge in [-0.3, -0.25) is 9.79 Å². The molecule has 0 atom stereocenters. The second kappa shape index (κ2) is 8.66. The maximum atomic E-state index is 12.4. The summed E-state index contributed by atoms with van der Waals surface area (Å²) in [6.07, 6.45) is 2.60. The molecular weight excluding hydrogens is 344 g/mol. The zero-order chi connectivity index (χ0) is 19.1. The highest BCUT2D eigenvalue weighted by molar-refractivity contribution is 5.98. The van der Waals surface area contributed by atoms with Crippen molar-refractivity contribution in [2.75, 3.05) is 18.4 Å². The van der Waals surface area contributed by atoms with Crippen molar-refractivity contribution in [3.05, 3.63) is 71.3 Å². The average Bonchev–Trinajstić information content (AvgIpc) is 3.18. The SMILES string of the molecule is O=C(O)/C=C/c1cccc(CNC(=O)c2cccc(NC3=NCCN3)c2)c1. The van der Waals surface area contributed by atoms with Crippen LogP contribution in [0.4, 0.5) is 5.69 Å². The van der Waals surface area contributed by atoms with Gasteiger partial charge < -0.3 is 21.1 Å². The van der Waals surface area contributed by atoms with Crippen LogP contribution in [-0.4, -0.2) is 36.0 Å². The third kappa shape index (κ3) is 5.43. The molecule has 0 aromatic heterocycles. The molecule has 0 bridgehead atoms. The maximum absolute atomic E-state index is 12.4. The Bertz CT molecular complexity index is 906. The number of benzene rings is 2. The minimum Gasteiger partial charge on any atom is -0.478 e. The third-order valence-corrected chi connectivity index (χ3v) is 3.88. The van der Waals surface area contributed by atoms with Crippen LogP contribution in [0.5, 0.6) is 0 Å². The first-order valence-corrected chi connectivity index (χ1v) is 8.54. The normalized spacial score (nSPS) is 13.1. The first-order chi connectivity index (χ1) is 13.1. The Morgan fingerprint density at radius 3 is 2.81 bits per heavy atom. The van der Waals surface area contributed by atoms with Crippen LogP contribution in [0.25, 0.3) is 6.08 Å². The number of guanidine groups is 1. The standard InChI is InChI=1S/C20H20N4O3/c25-18(26)8-7-14-3-1-4-15(11-14)13-23-19(27)16-5-2-6-17(12-16)24-20-21-9-10-22-20/h1-8,11-12H,9-10,13H2,(H,23,27)(H,25,26)(H2,21,22,24)/b8-7+. The van der Waals surface area contributed by atoms with Crippen molar-refractivity contribution in [1.29, 1.82) is 0 Å². The summed E-state index contributed by atoms with van der Waals surface area (Å²) in [6.45, 7) is 1.89. The summed E-state index contributed by atoms with van der Waals surface area (Å²) in [7, 11) is 0. The van der Waals surface area contributed by atoms with E-state index in [9.17, 15) is 9.59 Å². The van der Waals surface area contributed by atoms with E-state index in [2.05, 4.69) is 20.9 Å². The van der Waals surface area contributed by atoms with Crippen LogP contribution in [0.15, 0.2) is 59.6 Å². The van der Waals surface area contributed by atoms with E-state index in [1.807, 2.05) is 30.3 Å². The summed E-state index contributed by atoms with van der Waals surface area (Å²) >= 11 is 0. The molecule has 0 saturated heterocycles. The van der Waals surface area contributed by atoms with Crippen molar-refractivity contribution < 1.29 is 14.7 Å². The minimum atomic E-state index is -0.999. The maximum Gasteiger partial charge on any atom is 0.328 e. The van der Waals surface area contributed by atoms with Gasteiger partial charge in [-0.2, -0.15) is 0 Å². The lowest BCUT2D eigenvalue weighted by atomic mass is 10.1. The largest absolute Gasteiger partial charge is 0.478 e. The summed E-state index contributed by atoms with van der Waals surface area (Å²) in [5.74, 6) is -0.480. The number of aliphatic imine (C=N–C) groups is 1. The molecule has 27 heavy (non-hydrogen) atoms. The van der Waals surface area contributed by atoms with E-state index in [0.29, 0.717) is 18.1 Å². The molecule has 3 rings (SSSR count). The molecule has 7 heteroatoms. The predicted octanol–water partition coefficient (Wildman–Crippen LogP) is 2.09. The molecule has 7 nitrogen and oxygen atoms in total. The number of rotatable bonds is 6. The van der Waals surface area contributed by atoms with E-state index < -0.39 is 5.97 Å². The number of nitrogens with one attached hydrogen (secondary N) is 3. The molecule has 1 heterocycles. The Kier molecular flexibility index (Phi) is 5.84. The Labute approximate surface area is 156 Å². The monoisotopic (exact) mass is 364 g/mol. The average molecular weight is 364 g/mol. The molecule has 0 saturated carbocycles. The predicted molar refractivity (Wildman–Crippen MR) is 105 cm³/mol. The van der Waals surface area contributed by atoms with Gasteiger partial charge in [-0.05, 0) is 41.5 Å². The van der Waals surface area contributed by atoms with Gasteiger partial charge in [0.15, 0.2) is 5.96 Å². The lowest BCUT2D eigenvalue weighted by molar-refractivity contribution is -0.131. The lowest BCUT2D eigenvalue weighted by Gasteiger charge is -2.09. The number of hydrogen-bond acceptors (Lipinski definition) is 5. The highest BCUT2D eigenvalue weighted by Crippen LogP contribution is 2.12. The van der Waals surface area contributed by atoms with Gasteiger partial charge in [0.2, 0.25) is 0 Å². The quantitative estimate of drug-likeness (QED) is 0.588. The number of hydrogen-bond donors (Lipinski definition) is 4. The van der Waals surface area contributed by atoms with Crippen LogP contribution < -0.4 is 16.0 Å². The van der Waals surface area contributed by atoms with E-state index in [-0.39, 0.29) is 5.91 Å². The Morgan fingerprint density at radius 2 is 2.04 bits per heavy atom. The summed E-state index contributed by atoms with van der Waals surface area (Å²) in [5.41, 5.74) is 2.98. The van der Waals surface area contributed by atoms with Crippen LogP contribution in [0, 0.1) is 0 Å². The van der Waals surface area contributed by atoms with Crippen LogP contribution in [0.1, 0.15) is 21.5 Å². The molecule has 0 unspecified atom stereocenters. The van der Waals surface area contributed by atoms with Crippen LogP contribution in [-0.2, 0) is 11.3 Å². The highest BCUT2D eigenvalue weighted by Gasteiger charge is 2.09. The van der Waals surface area contributed by atoms with Crippen LogP contribution in [0.2, 0.25) is 0 Å². The first-order valence-electron chi connectivity index (χ1n) is 8.54. The molecule has 0 spiro atoms. The van der Waals surface area contributed by atoms with Crippen molar-refractivity contribution in [3.63, 3.8) is 0 Å². The van der Waals surface area contributed by atoms with Crippen molar-refractivity contribution >= 4 is 29.6 Å². The van der Waals surface area contributed by atoms with Crippen molar-refractivity contribution in [2.45, 2.75) is 6.54 Å². The van der Waals surface area contributed by atoms with Gasteiger partial charge in [0.05, 0.1) is 6.54 Å². The topological polar surface area (TPSA) is 103 Å². The van der Waals surface area contributed by atoms with Gasteiger partial charge in [0, 0.05) is 30.4 Å². The van der Waals surface area contributed by atoms with E-state index in [4.69, 9.17) is 5.11 Å². The molecule has 1 amide bonds. The number of carbonyl (C=O) groups excluding carboxylic acids is 1. The van der Waals surface area contributed by atoms with Gasteiger partial charge >= 0.3 is 5.97 Å². The fourth-order valence-corrected chi connectivity index (χ4v) is 2.62. The number of anilines is 1. The number of carboxylic acid groups (broad SMARTS) is 1. The van der Waals surface area contributed by atoms with Gasteiger partial charge in [-0.15, -0.1) is 0 Å². The smallest absolute Gasteiger partial charge is 0.328 e. The van der Waals surface area contributed by atoms with Crippen molar-refractivity contribution in [2.24, 2.45) is 4.99 Å². The second-order valence-electron chi connectivity index (χ2n) is 5.96. The summed E-state index contributed by atoms with van der Waals surface area (Å²) in [6, 6.07) is 14.5. The molecule has 2 aromatic rings. The fraction of sp³-hybridized carbons (Fsp3) is 0.150. The van der Waals surface area contributed by atoms with E-state index >= 15 is 0 Å². The van der Waals surface area contributed by atoms with E-state index in [1.54, 1.807) is 18.2 Å².